The van der Waals surface area contributed by atoms with Gasteiger partial charge < -0.3 is 14.7 Å². The largest absolute Gasteiger partial charge is 0.358 e. The van der Waals surface area contributed by atoms with Crippen LogP contribution in [-0.4, -0.2) is 32.3 Å². The number of rotatable bonds is 6. The summed E-state index contributed by atoms with van der Waals surface area (Å²) in [6, 6.07) is 37.2. The van der Waals surface area contributed by atoms with Crippen LogP contribution in [0.4, 0.5) is 0 Å². The first-order valence-corrected chi connectivity index (χ1v) is 13.3. The molecule has 3 heterocycles. The van der Waals surface area contributed by atoms with Crippen molar-refractivity contribution in [2.45, 2.75) is 12.5 Å². The van der Waals surface area contributed by atoms with Gasteiger partial charge in [0.1, 0.15) is 18.2 Å². The number of fused-ring (bicyclic) bond motifs is 3. The standard InChI is InChI=1S/C34H27N5O2/c1-24(22-32(35-2)39(40)41)30-19-18-28-29-23-36-21-20-31(29)38(33(28)37-30)34(25-12-6-3-7-13-25,26-14-8-4-9-15-26)27-16-10-5-11-17-27/h3-23H,1-2H3/b24-22+,35-32?. The summed E-state index contributed by atoms with van der Waals surface area (Å²) in [5.41, 5.74) is 5.39. The molecule has 0 unspecified atom stereocenters. The lowest BCUT2D eigenvalue weighted by Crippen LogP contribution is -2.37. The second kappa shape index (κ2) is 10.6. The van der Waals surface area contributed by atoms with E-state index < -0.39 is 10.5 Å². The molecule has 7 nitrogen and oxygen atoms in total. The van der Waals surface area contributed by atoms with Gasteiger partial charge in [0.05, 0.1) is 11.2 Å². The number of hydrogen-bond donors (Lipinski definition) is 0. The van der Waals surface area contributed by atoms with Crippen molar-refractivity contribution in [2.24, 2.45) is 4.99 Å². The topological polar surface area (TPSA) is 86.2 Å². The molecular formula is C34H27N5O2. The van der Waals surface area contributed by atoms with E-state index in [1.165, 1.54) is 13.1 Å². The van der Waals surface area contributed by atoms with Crippen LogP contribution in [0.2, 0.25) is 0 Å². The molecule has 0 radical (unpaired) electrons. The summed E-state index contributed by atoms with van der Waals surface area (Å²) in [7, 11) is 1.41. The van der Waals surface area contributed by atoms with Crippen LogP contribution in [0.3, 0.4) is 0 Å². The highest BCUT2D eigenvalue weighted by molar-refractivity contribution is 6.07. The lowest BCUT2D eigenvalue weighted by molar-refractivity contribution is -0.348. The Kier molecular flexibility index (Phi) is 6.69. The van der Waals surface area contributed by atoms with Gasteiger partial charge >= 0.3 is 5.84 Å². The fraction of sp³-hybridized carbons (Fsp3) is 0.0882. The van der Waals surface area contributed by atoms with Crippen LogP contribution in [0, 0.1) is 10.1 Å². The van der Waals surface area contributed by atoms with Crippen molar-refractivity contribution in [3.63, 3.8) is 0 Å². The maximum Gasteiger partial charge on any atom is 0.358 e. The van der Waals surface area contributed by atoms with Gasteiger partial charge in [0.2, 0.25) is 0 Å². The van der Waals surface area contributed by atoms with Gasteiger partial charge in [-0.1, -0.05) is 96.0 Å². The molecule has 0 aliphatic carbocycles. The van der Waals surface area contributed by atoms with Crippen molar-refractivity contribution < 1.29 is 4.92 Å². The smallest absolute Gasteiger partial charge is 0.358 e. The summed E-state index contributed by atoms with van der Waals surface area (Å²) >= 11 is 0. The number of nitro groups is 1. The number of hydrogen-bond acceptors (Lipinski definition) is 5. The molecule has 41 heavy (non-hydrogen) atoms. The zero-order valence-electron chi connectivity index (χ0n) is 22.7. The zero-order valence-corrected chi connectivity index (χ0v) is 22.7. The van der Waals surface area contributed by atoms with Crippen molar-refractivity contribution in [3.05, 3.63) is 160 Å². The molecule has 200 valence electrons. The molecule has 0 N–H and O–H groups in total. The van der Waals surface area contributed by atoms with Crippen molar-refractivity contribution in [2.75, 3.05) is 7.05 Å². The minimum absolute atomic E-state index is 0.221. The molecule has 0 aliphatic heterocycles. The SMILES string of the molecule is CN=C(/C=C(\C)c1ccc2c3cnccc3n(C(c3ccccc3)(c3ccccc3)c3ccccc3)c2n1)[N+](=O)[O-]. The van der Waals surface area contributed by atoms with Crippen molar-refractivity contribution in [1.29, 1.82) is 0 Å². The first-order chi connectivity index (χ1) is 20.1. The Hall–Kier alpha value is -5.43. The van der Waals surface area contributed by atoms with E-state index in [0.717, 1.165) is 38.6 Å². The van der Waals surface area contributed by atoms with Gasteiger partial charge in [0.15, 0.2) is 0 Å². The maximum atomic E-state index is 11.5. The van der Waals surface area contributed by atoms with E-state index in [0.29, 0.717) is 11.3 Å². The van der Waals surface area contributed by atoms with E-state index >= 15 is 0 Å². The van der Waals surface area contributed by atoms with E-state index in [9.17, 15) is 10.1 Å². The average molecular weight is 538 g/mol. The predicted octanol–water partition coefficient (Wildman–Crippen LogP) is 7.13. The second-order valence-corrected chi connectivity index (χ2v) is 9.77. The molecule has 6 aromatic rings. The Bertz CT molecular complexity index is 1830. The van der Waals surface area contributed by atoms with Gasteiger partial charge in [-0.2, -0.15) is 0 Å². The number of pyridine rings is 2. The van der Waals surface area contributed by atoms with E-state index in [2.05, 4.69) is 87.3 Å². The van der Waals surface area contributed by atoms with Crippen molar-refractivity contribution >= 4 is 33.3 Å². The molecule has 0 fully saturated rings. The number of nitrogens with zero attached hydrogens (tertiary/aromatic N) is 5. The van der Waals surface area contributed by atoms with Crippen LogP contribution in [0.1, 0.15) is 29.3 Å². The lowest BCUT2D eigenvalue weighted by atomic mass is 9.76. The first-order valence-electron chi connectivity index (χ1n) is 13.3. The van der Waals surface area contributed by atoms with Gasteiger partial charge in [-0.25, -0.2) is 4.98 Å². The third-order valence-electron chi connectivity index (χ3n) is 7.49. The molecule has 0 bridgehead atoms. The molecule has 0 saturated carbocycles. The van der Waals surface area contributed by atoms with Crippen LogP contribution in [0.15, 0.2) is 133 Å². The Labute approximate surface area is 237 Å². The lowest BCUT2D eigenvalue weighted by Gasteiger charge is -2.38. The minimum Gasteiger partial charge on any atom is -0.358 e. The Balaban J connectivity index is 1.79. The molecular weight excluding hydrogens is 510 g/mol. The van der Waals surface area contributed by atoms with Gasteiger partial charge in [-0.05, 0) is 52.3 Å². The second-order valence-electron chi connectivity index (χ2n) is 9.77. The molecule has 3 aromatic heterocycles. The molecule has 0 amide bonds. The molecule has 0 saturated heterocycles. The summed E-state index contributed by atoms with van der Waals surface area (Å²) in [6.45, 7) is 1.82. The highest BCUT2D eigenvalue weighted by atomic mass is 16.6. The summed E-state index contributed by atoms with van der Waals surface area (Å²) in [5.74, 6) is -0.221. The minimum atomic E-state index is -0.800. The van der Waals surface area contributed by atoms with E-state index in [1.807, 2.05) is 49.5 Å². The van der Waals surface area contributed by atoms with E-state index in [4.69, 9.17) is 4.98 Å². The number of benzene rings is 3. The van der Waals surface area contributed by atoms with Crippen LogP contribution >= 0.6 is 0 Å². The molecule has 6 rings (SSSR count). The van der Waals surface area contributed by atoms with Crippen LogP contribution in [-0.2, 0) is 5.54 Å². The fourth-order valence-electron chi connectivity index (χ4n) is 5.68. The van der Waals surface area contributed by atoms with Crippen molar-refractivity contribution in [1.82, 2.24) is 14.5 Å². The molecule has 0 spiro atoms. The third-order valence-corrected chi connectivity index (χ3v) is 7.49. The van der Waals surface area contributed by atoms with Crippen LogP contribution in [0.25, 0.3) is 27.5 Å². The molecule has 3 aromatic carbocycles. The summed E-state index contributed by atoms with van der Waals surface area (Å²) in [4.78, 5) is 24.5. The zero-order chi connectivity index (χ0) is 28.4. The van der Waals surface area contributed by atoms with E-state index in [1.54, 1.807) is 6.20 Å². The Morgan fingerprint density at radius 1 is 0.829 bits per heavy atom. The van der Waals surface area contributed by atoms with Crippen LogP contribution in [0.5, 0.6) is 0 Å². The Morgan fingerprint density at radius 3 is 1.90 bits per heavy atom. The van der Waals surface area contributed by atoms with Crippen molar-refractivity contribution in [3.8, 4) is 0 Å². The summed E-state index contributed by atoms with van der Waals surface area (Å²) in [5, 5.41) is 13.4. The molecule has 7 heteroatoms. The molecule has 0 atom stereocenters. The van der Waals surface area contributed by atoms with Gasteiger partial charge in [-0.3, -0.25) is 4.98 Å². The highest BCUT2D eigenvalue weighted by Gasteiger charge is 2.41. The number of amidine groups is 1. The first kappa shape index (κ1) is 25.8. The molecule has 0 aliphatic rings. The normalized spacial score (nSPS) is 12.6. The van der Waals surface area contributed by atoms with Gasteiger partial charge in [0, 0.05) is 29.2 Å². The maximum absolute atomic E-state index is 11.5. The van der Waals surface area contributed by atoms with E-state index in [-0.39, 0.29) is 5.84 Å². The quantitative estimate of drug-likeness (QED) is 0.0743. The highest BCUT2D eigenvalue weighted by Crippen LogP contribution is 2.45. The summed E-state index contributed by atoms with van der Waals surface area (Å²) < 4.78 is 2.29. The Morgan fingerprint density at radius 2 is 1.39 bits per heavy atom. The fourth-order valence-corrected chi connectivity index (χ4v) is 5.68. The predicted molar refractivity (Wildman–Crippen MR) is 164 cm³/mol. The number of aromatic nitrogens is 3. The van der Waals surface area contributed by atoms with Gasteiger partial charge in [-0.15, -0.1) is 0 Å². The average Bonchev–Trinajstić information content (AvgIpc) is 3.36. The number of aliphatic imine (C=N–C) groups is 1. The third kappa shape index (κ3) is 4.28. The van der Waals surface area contributed by atoms with Gasteiger partial charge in [0.25, 0.3) is 0 Å². The monoisotopic (exact) mass is 537 g/mol. The number of allylic oxidation sites excluding steroid dienone is 1. The summed E-state index contributed by atoms with van der Waals surface area (Å²) in [6.07, 6.45) is 5.14. The van der Waals surface area contributed by atoms with Crippen LogP contribution < -0.4 is 0 Å².